The van der Waals surface area contributed by atoms with Crippen molar-refractivity contribution in [3.63, 3.8) is 0 Å². The first-order chi connectivity index (χ1) is 12.1. The Labute approximate surface area is 163 Å². The molecule has 3 heteroatoms. The molecule has 0 saturated heterocycles. The summed E-state index contributed by atoms with van der Waals surface area (Å²) in [6.07, 6.45) is 17.9. The minimum Gasteiger partial charge on any atom is -0.386 e. The molecule has 2 nitrogen and oxygen atoms in total. The summed E-state index contributed by atoms with van der Waals surface area (Å²) in [5.74, 6) is 0.360. The van der Waals surface area contributed by atoms with Crippen LogP contribution in [0.3, 0.4) is 0 Å². The number of likely N-dealkylation sites (N-methyl/N-ethyl adjacent to an activating group) is 1. The summed E-state index contributed by atoms with van der Waals surface area (Å²) in [5.41, 5.74) is 0. The zero-order valence-corrected chi connectivity index (χ0v) is 18.3. The van der Waals surface area contributed by atoms with E-state index in [0.717, 1.165) is 24.1 Å². The monoisotopic (exact) mass is 376 g/mol. The highest BCUT2D eigenvalue weighted by Crippen LogP contribution is 2.15. The smallest absolute Gasteiger partial charge is 0.116 e. The van der Waals surface area contributed by atoms with Gasteiger partial charge in [0, 0.05) is 0 Å². The fourth-order valence-electron chi connectivity index (χ4n) is 3.85. The lowest BCUT2D eigenvalue weighted by Gasteiger charge is -2.38. The van der Waals surface area contributed by atoms with E-state index >= 15 is 0 Å². The van der Waals surface area contributed by atoms with Crippen molar-refractivity contribution in [2.75, 3.05) is 32.1 Å². The van der Waals surface area contributed by atoms with Gasteiger partial charge in [-0.25, -0.2) is 0 Å². The first kappa shape index (κ1) is 25.2. The summed E-state index contributed by atoms with van der Waals surface area (Å²) < 4.78 is 1.02. The second-order valence-corrected chi connectivity index (χ2v) is 8.24. The molecule has 0 spiro atoms. The molecular formula is C22H47ClNO+. The van der Waals surface area contributed by atoms with Crippen molar-refractivity contribution in [3.8, 4) is 0 Å². The molecule has 0 fully saturated rings. The molecule has 0 aromatic rings. The summed E-state index contributed by atoms with van der Waals surface area (Å²) in [5, 5.41) is 9.91. The highest BCUT2D eigenvalue weighted by atomic mass is 35.5. The summed E-state index contributed by atoms with van der Waals surface area (Å²) in [4.78, 5) is 0. The minimum absolute atomic E-state index is 0.358. The molecule has 0 aliphatic rings. The van der Waals surface area contributed by atoms with Crippen LogP contribution in [0, 0.1) is 0 Å². The van der Waals surface area contributed by atoms with Crippen LogP contribution in [0.2, 0.25) is 0 Å². The van der Waals surface area contributed by atoms with E-state index in [4.69, 9.17) is 11.6 Å². The molecule has 0 rings (SSSR count). The van der Waals surface area contributed by atoms with Gasteiger partial charge < -0.3 is 9.59 Å². The zero-order valence-electron chi connectivity index (χ0n) is 17.6. The molecule has 1 N–H and O–H groups in total. The fraction of sp³-hybridized carbons (Fsp3) is 1.00. The van der Waals surface area contributed by atoms with Crippen LogP contribution in [-0.4, -0.2) is 47.8 Å². The van der Waals surface area contributed by atoms with Crippen LogP contribution in [0.5, 0.6) is 0 Å². The van der Waals surface area contributed by atoms with E-state index in [1.54, 1.807) is 0 Å². The van der Waals surface area contributed by atoms with Gasteiger partial charge in [-0.3, -0.25) is 0 Å². The lowest BCUT2D eigenvalue weighted by Crippen LogP contribution is -2.52. The third-order valence-corrected chi connectivity index (χ3v) is 6.21. The average molecular weight is 377 g/mol. The molecular weight excluding hydrogens is 330 g/mol. The number of unbranched alkanes of at least 4 members (excludes halogenated alkanes) is 12. The van der Waals surface area contributed by atoms with Gasteiger partial charge in [0.25, 0.3) is 0 Å². The lowest BCUT2D eigenvalue weighted by molar-refractivity contribution is -0.927. The van der Waals surface area contributed by atoms with Crippen LogP contribution in [-0.2, 0) is 0 Å². The normalized spacial score (nSPS) is 13.3. The van der Waals surface area contributed by atoms with Gasteiger partial charge >= 0.3 is 0 Å². The molecule has 0 aliphatic carbocycles. The second kappa shape index (κ2) is 17.6. The highest BCUT2D eigenvalue weighted by molar-refractivity contribution is 6.18. The Bertz CT molecular complexity index is 269. The van der Waals surface area contributed by atoms with E-state index < -0.39 is 0 Å². The van der Waals surface area contributed by atoms with E-state index in [1.165, 1.54) is 90.0 Å². The number of rotatable bonds is 19. The van der Waals surface area contributed by atoms with Crippen LogP contribution in [0.1, 0.15) is 104 Å². The second-order valence-electron chi connectivity index (χ2n) is 7.93. The van der Waals surface area contributed by atoms with Crippen molar-refractivity contribution in [2.45, 2.75) is 110 Å². The van der Waals surface area contributed by atoms with Crippen molar-refractivity contribution < 1.29 is 9.59 Å². The molecule has 0 bridgehead atoms. The van der Waals surface area contributed by atoms with Gasteiger partial charge in [-0.05, 0) is 26.7 Å². The highest BCUT2D eigenvalue weighted by Gasteiger charge is 2.25. The van der Waals surface area contributed by atoms with E-state index in [2.05, 4.69) is 20.8 Å². The van der Waals surface area contributed by atoms with Crippen LogP contribution in [0.15, 0.2) is 0 Å². The molecule has 0 aliphatic heterocycles. The van der Waals surface area contributed by atoms with Gasteiger partial charge in [0.05, 0.1) is 25.5 Å². The summed E-state index contributed by atoms with van der Waals surface area (Å²) >= 11 is 5.80. The molecule has 0 saturated carbocycles. The standard InChI is InChI=1S/C22H47ClNO/c1-4-7-8-9-10-11-12-13-14-15-16-17-18-19-24(5-2,6-3)21-22(25)20-23/h22,25H,4-21H2,1-3H3/q+1. The number of alkyl halides is 1. The number of quaternary nitrogens is 1. The Morgan fingerprint density at radius 1 is 0.680 bits per heavy atom. The predicted molar refractivity (Wildman–Crippen MR) is 113 cm³/mol. The molecule has 0 radical (unpaired) electrons. The lowest BCUT2D eigenvalue weighted by atomic mass is 10.0. The van der Waals surface area contributed by atoms with Gasteiger partial charge in [0.2, 0.25) is 0 Å². The third-order valence-electron chi connectivity index (χ3n) is 5.85. The van der Waals surface area contributed by atoms with Crippen LogP contribution in [0.25, 0.3) is 0 Å². The van der Waals surface area contributed by atoms with Crippen molar-refractivity contribution in [2.24, 2.45) is 0 Å². The van der Waals surface area contributed by atoms with Gasteiger partial charge in [-0.2, -0.15) is 0 Å². The molecule has 0 heterocycles. The Balaban J connectivity index is 3.54. The SMILES string of the molecule is CCCCCCCCCCCCCCC[N+](CC)(CC)CC(O)CCl. The summed E-state index contributed by atoms with van der Waals surface area (Å²) in [6, 6.07) is 0. The number of hydrogen-bond donors (Lipinski definition) is 1. The largest absolute Gasteiger partial charge is 0.386 e. The Morgan fingerprint density at radius 2 is 1.08 bits per heavy atom. The van der Waals surface area contributed by atoms with Gasteiger partial charge in [0.1, 0.15) is 12.6 Å². The summed E-state index contributed by atoms with van der Waals surface area (Å²) in [6.45, 7) is 11.0. The Hall–Kier alpha value is 0.210. The van der Waals surface area contributed by atoms with Crippen molar-refractivity contribution >= 4 is 11.6 Å². The maximum absolute atomic E-state index is 9.91. The molecule has 0 aromatic heterocycles. The van der Waals surface area contributed by atoms with Crippen LogP contribution in [0.4, 0.5) is 0 Å². The molecule has 152 valence electrons. The van der Waals surface area contributed by atoms with Gasteiger partial charge in [-0.1, -0.05) is 77.6 Å². The number of aliphatic hydroxyl groups is 1. The topological polar surface area (TPSA) is 20.2 Å². The van der Waals surface area contributed by atoms with Crippen LogP contribution < -0.4 is 0 Å². The van der Waals surface area contributed by atoms with Crippen molar-refractivity contribution in [1.82, 2.24) is 0 Å². The predicted octanol–water partition coefficient (Wildman–Crippen LogP) is 6.53. The Morgan fingerprint density at radius 3 is 1.44 bits per heavy atom. The number of aliphatic hydroxyl groups excluding tert-OH is 1. The fourth-order valence-corrected chi connectivity index (χ4v) is 3.95. The summed E-state index contributed by atoms with van der Waals surface area (Å²) in [7, 11) is 0. The number of halogens is 1. The number of nitrogens with zero attached hydrogens (tertiary/aromatic N) is 1. The zero-order chi connectivity index (χ0) is 18.8. The van der Waals surface area contributed by atoms with E-state index in [0.29, 0.717) is 5.88 Å². The molecule has 1 atom stereocenters. The maximum Gasteiger partial charge on any atom is 0.116 e. The van der Waals surface area contributed by atoms with Crippen LogP contribution >= 0.6 is 11.6 Å². The maximum atomic E-state index is 9.91. The number of hydrogen-bond acceptors (Lipinski definition) is 1. The Kier molecular flexibility index (Phi) is 17.8. The molecule has 1 unspecified atom stereocenters. The van der Waals surface area contributed by atoms with Gasteiger partial charge in [-0.15, -0.1) is 11.6 Å². The first-order valence-electron chi connectivity index (χ1n) is 11.2. The molecule has 25 heavy (non-hydrogen) atoms. The first-order valence-corrected chi connectivity index (χ1v) is 11.8. The average Bonchev–Trinajstić information content (AvgIpc) is 2.64. The van der Waals surface area contributed by atoms with Gasteiger partial charge in [0.15, 0.2) is 0 Å². The molecule has 0 aromatic carbocycles. The van der Waals surface area contributed by atoms with Crippen molar-refractivity contribution in [3.05, 3.63) is 0 Å². The third kappa shape index (κ3) is 14.0. The molecule has 0 amide bonds. The van der Waals surface area contributed by atoms with E-state index in [9.17, 15) is 5.11 Å². The van der Waals surface area contributed by atoms with Crippen molar-refractivity contribution in [1.29, 1.82) is 0 Å². The van der Waals surface area contributed by atoms with E-state index in [-0.39, 0.29) is 6.10 Å². The minimum atomic E-state index is -0.358. The van der Waals surface area contributed by atoms with E-state index in [1.807, 2.05) is 0 Å². The quantitative estimate of drug-likeness (QED) is 0.154.